The lowest BCUT2D eigenvalue weighted by Crippen LogP contribution is -2.67. The van der Waals surface area contributed by atoms with E-state index in [1.165, 1.54) is 0 Å². The molecule has 0 aliphatic carbocycles. The molecule has 2 atom stereocenters. The highest BCUT2D eigenvalue weighted by Crippen LogP contribution is 2.27. The maximum absolute atomic E-state index is 13.0. The molecule has 2 aromatic carbocycles. The molecule has 0 bridgehead atoms. The van der Waals surface area contributed by atoms with E-state index < -0.39 is 0 Å². The largest absolute Gasteiger partial charge is 0.496 e. The summed E-state index contributed by atoms with van der Waals surface area (Å²) in [5.74, 6) is 0.867. The first-order chi connectivity index (χ1) is 14.3. The maximum atomic E-state index is 13.0. The molecule has 1 amide bonds. The minimum absolute atomic E-state index is 0.0381. The predicted octanol–water partition coefficient (Wildman–Crippen LogP) is 2.53. The molecule has 2 saturated heterocycles. The summed E-state index contributed by atoms with van der Waals surface area (Å²) in [7, 11) is 1.69. The van der Waals surface area contributed by atoms with Gasteiger partial charge in [0.25, 0.3) is 0 Å². The van der Waals surface area contributed by atoms with Crippen molar-refractivity contribution in [2.24, 2.45) is 0 Å². The summed E-state index contributed by atoms with van der Waals surface area (Å²) in [5.41, 5.74) is 2.12. The van der Waals surface area contributed by atoms with E-state index in [2.05, 4.69) is 16.3 Å². The summed E-state index contributed by atoms with van der Waals surface area (Å²) in [4.78, 5) is 17.5. The Balaban J connectivity index is 1.52. The van der Waals surface area contributed by atoms with Crippen LogP contribution in [0.2, 0.25) is 0 Å². The summed E-state index contributed by atoms with van der Waals surface area (Å²) < 4.78 is 11.2. The Kier molecular flexibility index (Phi) is 6.32. The number of ether oxygens (including phenoxy) is 2. The van der Waals surface area contributed by atoms with Gasteiger partial charge in [-0.3, -0.25) is 4.90 Å². The van der Waals surface area contributed by atoms with Crippen molar-refractivity contribution in [3.8, 4) is 5.75 Å². The van der Waals surface area contributed by atoms with Crippen molar-refractivity contribution in [2.75, 3.05) is 39.8 Å². The Labute approximate surface area is 172 Å². The van der Waals surface area contributed by atoms with Crippen LogP contribution >= 0.6 is 0 Å². The van der Waals surface area contributed by atoms with Gasteiger partial charge in [-0.25, -0.2) is 4.79 Å². The minimum Gasteiger partial charge on any atom is -0.496 e. The van der Waals surface area contributed by atoms with Gasteiger partial charge in [0.2, 0.25) is 0 Å². The van der Waals surface area contributed by atoms with E-state index in [1.54, 1.807) is 7.11 Å². The second-order valence-corrected chi connectivity index (χ2v) is 7.62. The number of nitrogens with zero attached hydrogens (tertiary/aromatic N) is 2. The van der Waals surface area contributed by atoms with Gasteiger partial charge in [0, 0.05) is 38.8 Å². The van der Waals surface area contributed by atoms with Gasteiger partial charge in [0.1, 0.15) is 12.4 Å². The van der Waals surface area contributed by atoms with Crippen molar-refractivity contribution < 1.29 is 14.3 Å². The Morgan fingerprint density at radius 2 is 1.86 bits per heavy atom. The summed E-state index contributed by atoms with van der Waals surface area (Å²) in [5, 5.41) is 3.49. The molecule has 0 spiro atoms. The molecular weight excluding hydrogens is 366 g/mol. The van der Waals surface area contributed by atoms with Gasteiger partial charge >= 0.3 is 6.09 Å². The molecular formula is C23H29N3O3. The number of piperazine rings is 2. The van der Waals surface area contributed by atoms with Crippen LogP contribution in [0, 0.1) is 0 Å². The molecule has 2 aromatic rings. The zero-order valence-electron chi connectivity index (χ0n) is 16.9. The SMILES string of the molecule is COc1ccccc1CC1C2CNCCN2CCN1C(=O)OCc1ccccc1. The lowest BCUT2D eigenvalue weighted by molar-refractivity contribution is 0.0000291. The Hall–Kier alpha value is -2.57. The summed E-state index contributed by atoms with van der Waals surface area (Å²) >= 11 is 0. The number of methoxy groups -OCH3 is 1. The Morgan fingerprint density at radius 1 is 1.07 bits per heavy atom. The lowest BCUT2D eigenvalue weighted by atomic mass is 9.93. The van der Waals surface area contributed by atoms with E-state index in [-0.39, 0.29) is 18.2 Å². The van der Waals surface area contributed by atoms with E-state index in [1.807, 2.05) is 53.4 Å². The van der Waals surface area contributed by atoms with Crippen molar-refractivity contribution in [1.29, 1.82) is 0 Å². The third-order valence-electron chi connectivity index (χ3n) is 5.93. The zero-order valence-corrected chi connectivity index (χ0v) is 16.9. The highest BCUT2D eigenvalue weighted by molar-refractivity contribution is 5.68. The molecule has 1 N–H and O–H groups in total. The molecule has 0 aromatic heterocycles. The minimum atomic E-state index is -0.237. The molecule has 0 radical (unpaired) electrons. The van der Waals surface area contributed by atoms with E-state index in [9.17, 15) is 4.79 Å². The topological polar surface area (TPSA) is 54.0 Å². The quantitative estimate of drug-likeness (QED) is 0.843. The fourth-order valence-electron chi connectivity index (χ4n) is 4.41. The van der Waals surface area contributed by atoms with Crippen LogP contribution in [0.3, 0.4) is 0 Å². The molecule has 6 heteroatoms. The van der Waals surface area contributed by atoms with Crippen LogP contribution < -0.4 is 10.1 Å². The first kappa shape index (κ1) is 19.7. The number of carbonyl (C=O) groups excluding carboxylic acids is 1. The third kappa shape index (κ3) is 4.54. The fourth-order valence-corrected chi connectivity index (χ4v) is 4.41. The molecule has 154 valence electrons. The van der Waals surface area contributed by atoms with Crippen molar-refractivity contribution >= 4 is 6.09 Å². The fraction of sp³-hybridized carbons (Fsp3) is 0.435. The average Bonchev–Trinajstić information content (AvgIpc) is 2.78. The summed E-state index contributed by atoms with van der Waals surface area (Å²) in [6, 6.07) is 18.2. The molecule has 4 rings (SSSR count). The predicted molar refractivity (Wildman–Crippen MR) is 112 cm³/mol. The normalized spacial score (nSPS) is 22.0. The van der Waals surface area contributed by atoms with Crippen LogP contribution in [0.15, 0.2) is 54.6 Å². The standard InChI is InChI=1S/C23H29N3O3/c1-28-22-10-6-5-9-19(22)15-20-21-16-24-11-12-25(21)13-14-26(20)23(27)29-17-18-7-3-2-4-8-18/h2-10,20-21,24H,11-17H2,1H3. The number of hydrogen-bond acceptors (Lipinski definition) is 5. The molecule has 2 aliphatic heterocycles. The van der Waals surface area contributed by atoms with Gasteiger partial charge in [-0.15, -0.1) is 0 Å². The van der Waals surface area contributed by atoms with Gasteiger partial charge in [0.05, 0.1) is 13.2 Å². The van der Waals surface area contributed by atoms with Crippen LogP contribution in [-0.4, -0.2) is 67.8 Å². The second-order valence-electron chi connectivity index (χ2n) is 7.62. The first-order valence-corrected chi connectivity index (χ1v) is 10.3. The summed E-state index contributed by atoms with van der Waals surface area (Å²) in [6.45, 7) is 4.75. The highest BCUT2D eigenvalue weighted by Gasteiger charge is 2.40. The zero-order chi connectivity index (χ0) is 20.1. The van der Waals surface area contributed by atoms with Gasteiger partial charge in [0.15, 0.2) is 0 Å². The molecule has 2 fully saturated rings. The van der Waals surface area contributed by atoms with E-state index in [0.717, 1.165) is 49.5 Å². The van der Waals surface area contributed by atoms with E-state index >= 15 is 0 Å². The molecule has 2 unspecified atom stereocenters. The van der Waals surface area contributed by atoms with Crippen molar-refractivity contribution in [2.45, 2.75) is 25.1 Å². The van der Waals surface area contributed by atoms with Crippen LogP contribution in [-0.2, 0) is 17.8 Å². The molecule has 29 heavy (non-hydrogen) atoms. The van der Waals surface area contributed by atoms with Gasteiger partial charge in [-0.1, -0.05) is 48.5 Å². The average molecular weight is 396 g/mol. The van der Waals surface area contributed by atoms with Crippen molar-refractivity contribution in [1.82, 2.24) is 15.1 Å². The van der Waals surface area contributed by atoms with Crippen LogP contribution in [0.25, 0.3) is 0 Å². The third-order valence-corrected chi connectivity index (χ3v) is 5.93. The van der Waals surface area contributed by atoms with E-state index in [0.29, 0.717) is 13.2 Å². The smallest absolute Gasteiger partial charge is 0.410 e. The number of nitrogens with one attached hydrogen (secondary N) is 1. The highest BCUT2D eigenvalue weighted by atomic mass is 16.6. The van der Waals surface area contributed by atoms with Crippen LogP contribution in [0.5, 0.6) is 5.75 Å². The van der Waals surface area contributed by atoms with Crippen molar-refractivity contribution in [3.05, 3.63) is 65.7 Å². The van der Waals surface area contributed by atoms with Crippen molar-refractivity contribution in [3.63, 3.8) is 0 Å². The number of carbonyl (C=O) groups is 1. The number of benzene rings is 2. The Bertz CT molecular complexity index is 814. The molecule has 2 heterocycles. The molecule has 6 nitrogen and oxygen atoms in total. The lowest BCUT2D eigenvalue weighted by Gasteiger charge is -2.49. The van der Waals surface area contributed by atoms with Gasteiger partial charge in [-0.05, 0) is 23.6 Å². The van der Waals surface area contributed by atoms with Gasteiger partial charge in [-0.2, -0.15) is 0 Å². The van der Waals surface area contributed by atoms with Crippen LogP contribution in [0.4, 0.5) is 4.79 Å². The van der Waals surface area contributed by atoms with Gasteiger partial charge < -0.3 is 19.7 Å². The Morgan fingerprint density at radius 3 is 2.69 bits per heavy atom. The van der Waals surface area contributed by atoms with Crippen LogP contribution in [0.1, 0.15) is 11.1 Å². The maximum Gasteiger partial charge on any atom is 0.410 e. The molecule has 0 saturated carbocycles. The monoisotopic (exact) mass is 395 g/mol. The number of rotatable bonds is 5. The summed E-state index contributed by atoms with van der Waals surface area (Å²) in [6.07, 6.45) is 0.506. The number of amides is 1. The van der Waals surface area contributed by atoms with E-state index in [4.69, 9.17) is 9.47 Å². The first-order valence-electron chi connectivity index (χ1n) is 10.3. The number of fused-ring (bicyclic) bond motifs is 1. The second kappa shape index (κ2) is 9.29. The number of para-hydroxylation sites is 1. The molecule has 2 aliphatic rings. The number of hydrogen-bond donors (Lipinski definition) is 1.